The minimum Gasteiger partial charge on any atom is -0.429 e. The number of hydrogen-bond donors (Lipinski definition) is 1. The average Bonchev–Trinajstić information content (AvgIpc) is 2.87. The summed E-state index contributed by atoms with van der Waals surface area (Å²) in [6.45, 7) is 1.44. The molecule has 1 aromatic heterocycles. The molecule has 114 valence electrons. The first kappa shape index (κ1) is 15.6. The topological polar surface area (TPSA) is 55.1 Å². The van der Waals surface area contributed by atoms with Gasteiger partial charge in [0.1, 0.15) is 11.5 Å². The maximum atomic E-state index is 9.68. The molecule has 1 atom stereocenters. The Labute approximate surface area is 124 Å². The third-order valence-electron chi connectivity index (χ3n) is 2.91. The molecule has 0 spiro atoms. The molecule has 2 aromatic rings. The van der Waals surface area contributed by atoms with Gasteiger partial charge in [0.15, 0.2) is 0 Å². The van der Waals surface area contributed by atoms with Gasteiger partial charge in [0, 0.05) is 19.7 Å². The summed E-state index contributed by atoms with van der Waals surface area (Å²) in [5, 5.41) is 9.68. The van der Waals surface area contributed by atoms with Gasteiger partial charge in [-0.2, -0.15) is 0 Å². The molecular formula is C16H21NO4. The summed E-state index contributed by atoms with van der Waals surface area (Å²) < 4.78 is 16.1. The fourth-order valence-electron chi connectivity index (χ4n) is 2.04. The van der Waals surface area contributed by atoms with Crippen LogP contribution in [0.15, 0.2) is 46.9 Å². The number of aliphatic hydroxyl groups is 1. The van der Waals surface area contributed by atoms with Gasteiger partial charge in [-0.05, 0) is 25.2 Å². The van der Waals surface area contributed by atoms with Crippen LogP contribution in [0.2, 0.25) is 0 Å². The zero-order valence-electron chi connectivity index (χ0n) is 12.4. The summed E-state index contributed by atoms with van der Waals surface area (Å²) in [5.74, 6) is 1.98. The number of benzene rings is 1. The number of furan rings is 1. The van der Waals surface area contributed by atoms with Crippen LogP contribution in [0.5, 0.6) is 11.7 Å². The van der Waals surface area contributed by atoms with Crippen LogP contribution >= 0.6 is 0 Å². The van der Waals surface area contributed by atoms with Crippen molar-refractivity contribution in [3.8, 4) is 11.7 Å². The lowest BCUT2D eigenvalue weighted by Crippen LogP contribution is -2.31. The molecule has 0 radical (unpaired) electrons. The molecule has 0 amide bonds. The molecule has 0 aliphatic rings. The summed E-state index contributed by atoms with van der Waals surface area (Å²) in [4.78, 5) is 1.97. The lowest BCUT2D eigenvalue weighted by molar-refractivity contribution is 0.0406. The van der Waals surface area contributed by atoms with Gasteiger partial charge in [-0.3, -0.25) is 4.90 Å². The van der Waals surface area contributed by atoms with E-state index in [1.54, 1.807) is 13.2 Å². The Balaban J connectivity index is 1.85. The number of aliphatic hydroxyl groups excluding tert-OH is 1. The molecule has 5 nitrogen and oxygen atoms in total. The monoisotopic (exact) mass is 291 g/mol. The largest absolute Gasteiger partial charge is 0.429 e. The van der Waals surface area contributed by atoms with Crippen molar-refractivity contribution < 1.29 is 19.0 Å². The van der Waals surface area contributed by atoms with Crippen molar-refractivity contribution in [2.24, 2.45) is 0 Å². The van der Waals surface area contributed by atoms with Crippen LogP contribution < -0.4 is 4.74 Å². The van der Waals surface area contributed by atoms with Crippen molar-refractivity contribution in [3.05, 3.63) is 48.2 Å². The molecule has 0 fully saturated rings. The number of rotatable bonds is 8. The SMILES string of the molecule is COCC(O)CN(C)Cc1ccc(Oc2ccccc2)o1. The third kappa shape index (κ3) is 5.23. The number of ether oxygens (including phenoxy) is 2. The summed E-state index contributed by atoms with van der Waals surface area (Å²) in [7, 11) is 3.49. The number of likely N-dealkylation sites (N-methyl/N-ethyl adjacent to an activating group) is 1. The maximum Gasteiger partial charge on any atom is 0.290 e. The molecule has 0 aliphatic heterocycles. The summed E-state index contributed by atoms with van der Waals surface area (Å²) in [6.07, 6.45) is -0.505. The Morgan fingerprint density at radius 1 is 1.19 bits per heavy atom. The molecule has 0 saturated heterocycles. The van der Waals surface area contributed by atoms with Gasteiger partial charge in [-0.1, -0.05) is 18.2 Å². The smallest absolute Gasteiger partial charge is 0.290 e. The van der Waals surface area contributed by atoms with Gasteiger partial charge in [-0.25, -0.2) is 0 Å². The third-order valence-corrected chi connectivity index (χ3v) is 2.91. The van der Waals surface area contributed by atoms with E-state index >= 15 is 0 Å². The summed E-state index contributed by atoms with van der Waals surface area (Å²) in [6, 6.07) is 13.2. The van der Waals surface area contributed by atoms with E-state index in [9.17, 15) is 5.11 Å². The lowest BCUT2D eigenvalue weighted by Gasteiger charge is -2.18. The minimum atomic E-state index is -0.505. The zero-order valence-corrected chi connectivity index (χ0v) is 12.4. The van der Waals surface area contributed by atoms with Crippen LogP contribution in [0, 0.1) is 0 Å². The normalized spacial score (nSPS) is 12.6. The molecule has 0 saturated carbocycles. The molecular weight excluding hydrogens is 270 g/mol. The van der Waals surface area contributed by atoms with E-state index < -0.39 is 6.10 Å². The highest BCUT2D eigenvalue weighted by molar-refractivity contribution is 5.26. The van der Waals surface area contributed by atoms with Crippen molar-refractivity contribution in [2.45, 2.75) is 12.6 Å². The first-order chi connectivity index (χ1) is 10.2. The molecule has 21 heavy (non-hydrogen) atoms. The second-order valence-corrected chi connectivity index (χ2v) is 4.94. The number of nitrogens with zero attached hydrogens (tertiary/aromatic N) is 1. The van der Waals surface area contributed by atoms with Crippen LogP contribution in [0.4, 0.5) is 0 Å². The summed E-state index contributed by atoms with van der Waals surface area (Å²) >= 11 is 0. The molecule has 1 aromatic carbocycles. The molecule has 1 N–H and O–H groups in total. The molecule has 5 heteroatoms. The zero-order chi connectivity index (χ0) is 15.1. The van der Waals surface area contributed by atoms with Crippen molar-refractivity contribution in [1.82, 2.24) is 4.90 Å². The van der Waals surface area contributed by atoms with E-state index in [-0.39, 0.29) is 0 Å². The van der Waals surface area contributed by atoms with Crippen molar-refractivity contribution in [1.29, 1.82) is 0 Å². The van der Waals surface area contributed by atoms with Gasteiger partial charge in [0.25, 0.3) is 5.95 Å². The Bertz CT molecular complexity index is 526. The van der Waals surface area contributed by atoms with Gasteiger partial charge >= 0.3 is 0 Å². The highest BCUT2D eigenvalue weighted by atomic mass is 16.6. The Kier molecular flexibility index (Phi) is 5.80. The van der Waals surface area contributed by atoms with Crippen LogP contribution in [-0.4, -0.2) is 43.4 Å². The number of para-hydroxylation sites is 1. The molecule has 0 aliphatic carbocycles. The van der Waals surface area contributed by atoms with E-state index in [1.807, 2.05) is 48.3 Å². The Morgan fingerprint density at radius 3 is 2.67 bits per heavy atom. The predicted octanol–water partition coefficient (Wildman–Crippen LogP) is 2.51. The Hall–Kier alpha value is -1.82. The van der Waals surface area contributed by atoms with Gasteiger partial charge in [-0.15, -0.1) is 0 Å². The molecule has 1 unspecified atom stereocenters. The van der Waals surface area contributed by atoms with E-state index in [0.29, 0.717) is 25.6 Å². The maximum absolute atomic E-state index is 9.68. The van der Waals surface area contributed by atoms with Crippen LogP contribution in [-0.2, 0) is 11.3 Å². The van der Waals surface area contributed by atoms with Crippen LogP contribution in [0.3, 0.4) is 0 Å². The van der Waals surface area contributed by atoms with Gasteiger partial charge in [0.2, 0.25) is 0 Å². The van der Waals surface area contributed by atoms with Crippen molar-refractivity contribution in [2.75, 3.05) is 27.3 Å². The van der Waals surface area contributed by atoms with Crippen molar-refractivity contribution in [3.63, 3.8) is 0 Å². The predicted molar refractivity (Wildman–Crippen MR) is 79.4 cm³/mol. The average molecular weight is 291 g/mol. The molecule has 0 bridgehead atoms. The molecule has 1 heterocycles. The molecule has 2 rings (SSSR count). The van der Waals surface area contributed by atoms with Gasteiger partial charge < -0.3 is 19.0 Å². The first-order valence-corrected chi connectivity index (χ1v) is 6.84. The van der Waals surface area contributed by atoms with E-state index in [2.05, 4.69) is 0 Å². The second kappa shape index (κ2) is 7.83. The van der Waals surface area contributed by atoms with Crippen molar-refractivity contribution >= 4 is 0 Å². The van der Waals surface area contributed by atoms with Crippen LogP contribution in [0.1, 0.15) is 5.76 Å². The fraction of sp³-hybridized carbons (Fsp3) is 0.375. The highest BCUT2D eigenvalue weighted by Gasteiger charge is 2.11. The Morgan fingerprint density at radius 2 is 1.95 bits per heavy atom. The number of methoxy groups -OCH3 is 1. The lowest BCUT2D eigenvalue weighted by atomic mass is 10.3. The van der Waals surface area contributed by atoms with Crippen LogP contribution in [0.25, 0.3) is 0 Å². The standard InChI is InChI=1S/C16H21NO4/c1-17(10-13(18)12-19-2)11-15-8-9-16(21-15)20-14-6-4-3-5-7-14/h3-9,13,18H,10-12H2,1-2H3. The summed E-state index contributed by atoms with van der Waals surface area (Å²) in [5.41, 5.74) is 0. The number of hydrogen-bond acceptors (Lipinski definition) is 5. The van der Waals surface area contributed by atoms with E-state index in [1.165, 1.54) is 0 Å². The first-order valence-electron chi connectivity index (χ1n) is 6.84. The van der Waals surface area contributed by atoms with Gasteiger partial charge in [0.05, 0.1) is 19.3 Å². The quantitative estimate of drug-likeness (QED) is 0.810. The van der Waals surface area contributed by atoms with E-state index in [4.69, 9.17) is 13.9 Å². The highest BCUT2D eigenvalue weighted by Crippen LogP contribution is 2.23. The second-order valence-electron chi connectivity index (χ2n) is 4.94. The van der Waals surface area contributed by atoms with E-state index in [0.717, 1.165) is 11.5 Å². The minimum absolute atomic E-state index is 0.324. The fourth-order valence-corrected chi connectivity index (χ4v) is 2.04.